The highest BCUT2D eigenvalue weighted by Crippen LogP contribution is 2.05. The van der Waals surface area contributed by atoms with Gasteiger partial charge in [0, 0.05) is 11.6 Å². The second-order valence-electron chi connectivity index (χ2n) is 6.02. The Labute approximate surface area is 118 Å². The third kappa shape index (κ3) is 16.9. The van der Waals surface area contributed by atoms with Crippen LogP contribution in [0.3, 0.4) is 0 Å². The first-order chi connectivity index (χ1) is 8.28. The Bertz CT molecular complexity index is 349. The Kier molecular flexibility index (Phi) is 8.61. The van der Waals surface area contributed by atoms with Gasteiger partial charge in [-0.2, -0.15) is 0 Å². The molecule has 0 saturated carbocycles. The maximum atomic E-state index is 10.9. The average molecular weight is 303 g/mol. The first kappa shape index (κ1) is 20.2. The van der Waals surface area contributed by atoms with Crippen molar-refractivity contribution in [3.05, 3.63) is 24.8 Å². The standard InChI is InChI=1S/C7H14O2Si.C6H12O2Si/c1-6(2)7(8)9-10(3,4)5;1-5-6(7)8-9(2,3)4/h1H2,2-5H3;5H,1H2,2-4H3. The van der Waals surface area contributed by atoms with Crippen LogP contribution in [0.4, 0.5) is 0 Å². The number of carbonyl (C=O) groups is 2. The summed E-state index contributed by atoms with van der Waals surface area (Å²) in [6.07, 6.45) is 1.19. The lowest BCUT2D eigenvalue weighted by Crippen LogP contribution is -2.29. The van der Waals surface area contributed by atoms with Gasteiger partial charge in [0.2, 0.25) is 16.6 Å². The Hall–Kier alpha value is -1.15. The Morgan fingerprint density at radius 2 is 1.32 bits per heavy atom. The third-order valence-electron chi connectivity index (χ3n) is 1.32. The molecule has 0 fully saturated rings. The molecule has 0 rings (SSSR count). The SMILES string of the molecule is C=C(C)C(=O)O[Si](C)(C)C.C=CC(=O)O[Si](C)(C)C. The normalized spacial score (nSPS) is 10.7. The molecule has 0 atom stereocenters. The van der Waals surface area contributed by atoms with E-state index in [1.165, 1.54) is 6.08 Å². The summed E-state index contributed by atoms with van der Waals surface area (Å²) in [7, 11) is -3.36. The van der Waals surface area contributed by atoms with Crippen LogP contribution in [0, 0.1) is 0 Å². The van der Waals surface area contributed by atoms with E-state index in [2.05, 4.69) is 13.2 Å². The summed E-state index contributed by atoms with van der Waals surface area (Å²) >= 11 is 0. The smallest absolute Gasteiger partial charge is 0.319 e. The summed E-state index contributed by atoms with van der Waals surface area (Å²) in [5.41, 5.74) is 0.474. The number of hydrogen-bond acceptors (Lipinski definition) is 4. The second-order valence-corrected chi connectivity index (χ2v) is 14.9. The van der Waals surface area contributed by atoms with Crippen LogP contribution in [0.5, 0.6) is 0 Å². The van der Waals surface area contributed by atoms with Gasteiger partial charge in [-0.25, -0.2) is 9.59 Å². The molecule has 4 nitrogen and oxygen atoms in total. The van der Waals surface area contributed by atoms with Crippen molar-refractivity contribution in [3.8, 4) is 0 Å². The first-order valence-corrected chi connectivity index (χ1v) is 12.8. The molecule has 0 saturated heterocycles. The van der Waals surface area contributed by atoms with Crippen molar-refractivity contribution in [2.45, 2.75) is 46.2 Å². The number of carbonyl (C=O) groups excluding carboxylic acids is 2. The molecule has 0 aromatic carbocycles. The van der Waals surface area contributed by atoms with Gasteiger partial charge in [-0.1, -0.05) is 13.2 Å². The van der Waals surface area contributed by atoms with E-state index in [0.29, 0.717) is 5.57 Å². The Morgan fingerprint density at radius 1 is 0.947 bits per heavy atom. The molecule has 6 heteroatoms. The molecule has 19 heavy (non-hydrogen) atoms. The van der Waals surface area contributed by atoms with Crippen LogP contribution < -0.4 is 0 Å². The largest absolute Gasteiger partial charge is 0.517 e. The van der Waals surface area contributed by atoms with Gasteiger partial charge in [0.1, 0.15) is 0 Å². The van der Waals surface area contributed by atoms with Gasteiger partial charge in [-0.15, -0.1) is 0 Å². The first-order valence-electron chi connectivity index (χ1n) is 6.03. The molecule has 0 bridgehead atoms. The van der Waals surface area contributed by atoms with Crippen molar-refractivity contribution in [1.82, 2.24) is 0 Å². The van der Waals surface area contributed by atoms with Crippen LogP contribution in [0.1, 0.15) is 6.92 Å². The van der Waals surface area contributed by atoms with Crippen molar-refractivity contribution < 1.29 is 18.4 Å². The lowest BCUT2D eigenvalue weighted by Gasteiger charge is -2.16. The predicted molar refractivity (Wildman–Crippen MR) is 83.9 cm³/mol. The molecule has 0 aliphatic heterocycles. The van der Waals surface area contributed by atoms with E-state index in [1.807, 2.05) is 39.3 Å². The zero-order chi connectivity index (χ0) is 15.9. The van der Waals surface area contributed by atoms with E-state index < -0.39 is 16.6 Å². The lowest BCUT2D eigenvalue weighted by molar-refractivity contribution is -0.131. The van der Waals surface area contributed by atoms with Crippen molar-refractivity contribution in [3.63, 3.8) is 0 Å². The van der Waals surface area contributed by atoms with E-state index in [4.69, 9.17) is 8.85 Å². The maximum Gasteiger partial charge on any atom is 0.319 e. The van der Waals surface area contributed by atoms with Crippen LogP contribution >= 0.6 is 0 Å². The summed E-state index contributed by atoms with van der Waals surface area (Å²) in [6.45, 7) is 20.2. The van der Waals surface area contributed by atoms with Gasteiger partial charge in [0.25, 0.3) is 0 Å². The second kappa shape index (κ2) is 8.11. The van der Waals surface area contributed by atoms with Gasteiger partial charge < -0.3 is 8.85 Å². The summed E-state index contributed by atoms with van der Waals surface area (Å²) in [5.74, 6) is -0.576. The third-order valence-corrected chi connectivity index (χ3v) is 2.93. The van der Waals surface area contributed by atoms with Crippen molar-refractivity contribution in [2.24, 2.45) is 0 Å². The summed E-state index contributed by atoms with van der Waals surface area (Å²) in [5, 5.41) is 0. The molecule has 0 aromatic heterocycles. The van der Waals surface area contributed by atoms with E-state index in [0.717, 1.165) is 0 Å². The van der Waals surface area contributed by atoms with Crippen LogP contribution in [0.25, 0.3) is 0 Å². The van der Waals surface area contributed by atoms with Gasteiger partial charge in [0.15, 0.2) is 0 Å². The minimum atomic E-state index is -1.69. The molecule has 0 aromatic rings. The van der Waals surface area contributed by atoms with Gasteiger partial charge in [0.05, 0.1) is 0 Å². The van der Waals surface area contributed by atoms with Gasteiger partial charge in [-0.05, 0) is 46.2 Å². The fraction of sp³-hybridized carbons (Fsp3) is 0.538. The molecule has 0 aliphatic carbocycles. The lowest BCUT2D eigenvalue weighted by atomic mass is 10.4. The fourth-order valence-electron chi connectivity index (χ4n) is 0.709. The average Bonchev–Trinajstić information content (AvgIpc) is 2.13. The van der Waals surface area contributed by atoms with Crippen LogP contribution in [-0.2, 0) is 18.4 Å². The minimum Gasteiger partial charge on any atom is -0.517 e. The summed E-state index contributed by atoms with van der Waals surface area (Å²) < 4.78 is 10.1. The topological polar surface area (TPSA) is 52.6 Å². The molecule has 0 N–H and O–H groups in total. The van der Waals surface area contributed by atoms with Crippen LogP contribution in [-0.4, -0.2) is 28.6 Å². The van der Waals surface area contributed by atoms with Crippen molar-refractivity contribution >= 4 is 28.6 Å². The number of hydrogen-bond donors (Lipinski definition) is 0. The molecular formula is C13H26O4Si2. The Morgan fingerprint density at radius 3 is 1.42 bits per heavy atom. The fourth-order valence-corrected chi connectivity index (χ4v) is 2.13. The highest BCUT2D eigenvalue weighted by Gasteiger charge is 2.19. The monoisotopic (exact) mass is 302 g/mol. The summed E-state index contributed by atoms with van der Waals surface area (Å²) in [4.78, 5) is 21.4. The van der Waals surface area contributed by atoms with Crippen molar-refractivity contribution in [1.29, 1.82) is 0 Å². The molecule has 110 valence electrons. The highest BCUT2D eigenvalue weighted by atomic mass is 28.4. The van der Waals surface area contributed by atoms with Crippen molar-refractivity contribution in [2.75, 3.05) is 0 Å². The maximum absolute atomic E-state index is 10.9. The molecule has 0 amide bonds. The van der Waals surface area contributed by atoms with E-state index in [9.17, 15) is 9.59 Å². The zero-order valence-electron chi connectivity index (χ0n) is 13.1. The predicted octanol–water partition coefficient (Wildman–Crippen LogP) is 3.49. The molecule has 0 radical (unpaired) electrons. The molecule has 0 aliphatic rings. The molecule has 0 heterocycles. The highest BCUT2D eigenvalue weighted by molar-refractivity contribution is 6.71. The quantitative estimate of drug-likeness (QED) is 0.589. The van der Waals surface area contributed by atoms with Gasteiger partial charge in [-0.3, -0.25) is 0 Å². The Balaban J connectivity index is 0. The molecule has 0 spiro atoms. The number of rotatable bonds is 4. The van der Waals surface area contributed by atoms with E-state index in [1.54, 1.807) is 6.92 Å². The van der Waals surface area contributed by atoms with E-state index in [-0.39, 0.29) is 11.9 Å². The minimum absolute atomic E-state index is 0.265. The van der Waals surface area contributed by atoms with Crippen LogP contribution in [0.2, 0.25) is 39.3 Å². The van der Waals surface area contributed by atoms with Crippen LogP contribution in [0.15, 0.2) is 24.8 Å². The summed E-state index contributed by atoms with van der Waals surface area (Å²) in [6, 6.07) is 0. The molecular weight excluding hydrogens is 276 g/mol. The molecule has 0 unspecified atom stereocenters. The van der Waals surface area contributed by atoms with Gasteiger partial charge >= 0.3 is 11.9 Å². The zero-order valence-corrected chi connectivity index (χ0v) is 15.1. The van der Waals surface area contributed by atoms with E-state index >= 15 is 0 Å².